The van der Waals surface area contributed by atoms with Gasteiger partial charge in [0, 0.05) is 6.04 Å². The van der Waals surface area contributed by atoms with E-state index in [-0.39, 0.29) is 0 Å². The molecule has 1 rings (SSSR count). The predicted octanol–water partition coefficient (Wildman–Crippen LogP) is 5.64. The Balaban J connectivity index is 2.09. The van der Waals surface area contributed by atoms with Gasteiger partial charge in [-0.25, -0.2) is 0 Å². The third kappa shape index (κ3) is 7.34. The van der Waals surface area contributed by atoms with Crippen LogP contribution in [0.15, 0.2) is 0 Å². The Morgan fingerprint density at radius 2 is 1.53 bits per heavy atom. The van der Waals surface area contributed by atoms with Crippen molar-refractivity contribution < 1.29 is 0 Å². The number of hydrogen-bond acceptors (Lipinski definition) is 1. The molecule has 1 atom stereocenters. The predicted molar refractivity (Wildman–Crippen MR) is 86.7 cm³/mol. The summed E-state index contributed by atoms with van der Waals surface area (Å²) < 4.78 is 0. The Morgan fingerprint density at radius 3 is 2.11 bits per heavy atom. The van der Waals surface area contributed by atoms with Crippen molar-refractivity contribution in [2.75, 3.05) is 13.1 Å². The van der Waals surface area contributed by atoms with E-state index in [9.17, 15) is 0 Å². The number of rotatable bonds is 12. The lowest BCUT2D eigenvalue weighted by Crippen LogP contribution is -2.41. The zero-order valence-corrected chi connectivity index (χ0v) is 13.8. The van der Waals surface area contributed by atoms with Gasteiger partial charge >= 0.3 is 0 Å². The first-order valence-corrected chi connectivity index (χ1v) is 9.02. The fourth-order valence-electron chi connectivity index (χ4n) is 3.12. The van der Waals surface area contributed by atoms with Crippen molar-refractivity contribution in [3.63, 3.8) is 0 Å². The molecule has 1 saturated carbocycles. The molecule has 1 nitrogen and oxygen atoms in total. The number of hydrogen-bond donors (Lipinski definition) is 0. The topological polar surface area (TPSA) is 3.24 Å². The monoisotopic (exact) mass is 267 g/mol. The SMILES string of the molecule is CCCCCC(C)CCCN(CCCC)C1CCC1. The van der Waals surface area contributed by atoms with Gasteiger partial charge in [-0.3, -0.25) is 0 Å². The minimum atomic E-state index is 0.945. The van der Waals surface area contributed by atoms with E-state index in [1.54, 1.807) is 0 Å². The number of nitrogens with zero attached hydrogens (tertiary/aromatic N) is 1. The minimum absolute atomic E-state index is 0.945. The smallest absolute Gasteiger partial charge is 0.00952 e. The van der Waals surface area contributed by atoms with Gasteiger partial charge < -0.3 is 4.90 Å². The Morgan fingerprint density at radius 1 is 0.895 bits per heavy atom. The molecule has 0 amide bonds. The molecule has 0 aromatic heterocycles. The molecular formula is C18H37N. The van der Waals surface area contributed by atoms with E-state index in [1.807, 2.05) is 0 Å². The standard InChI is InChI=1S/C18H37N/c1-4-6-8-11-17(3)12-10-16-19(15-7-5-2)18-13-9-14-18/h17-18H,4-16H2,1-3H3. The van der Waals surface area contributed by atoms with Crippen LogP contribution in [-0.2, 0) is 0 Å². The van der Waals surface area contributed by atoms with Gasteiger partial charge in [0.25, 0.3) is 0 Å². The molecule has 1 heteroatoms. The van der Waals surface area contributed by atoms with Crippen molar-refractivity contribution in [1.29, 1.82) is 0 Å². The molecule has 1 fully saturated rings. The molecule has 1 unspecified atom stereocenters. The van der Waals surface area contributed by atoms with Crippen LogP contribution in [0.5, 0.6) is 0 Å². The number of unbranched alkanes of at least 4 members (excludes halogenated alkanes) is 3. The van der Waals surface area contributed by atoms with Gasteiger partial charge in [0.05, 0.1) is 0 Å². The third-order valence-corrected chi connectivity index (χ3v) is 4.83. The van der Waals surface area contributed by atoms with Gasteiger partial charge in [-0.15, -0.1) is 0 Å². The van der Waals surface area contributed by atoms with Crippen molar-refractivity contribution in [2.24, 2.45) is 5.92 Å². The molecule has 0 bridgehead atoms. The summed E-state index contributed by atoms with van der Waals surface area (Å²) in [4.78, 5) is 2.80. The van der Waals surface area contributed by atoms with Crippen molar-refractivity contribution in [1.82, 2.24) is 4.90 Å². The molecule has 0 N–H and O–H groups in total. The molecule has 0 aliphatic heterocycles. The van der Waals surface area contributed by atoms with E-state index in [1.165, 1.54) is 83.7 Å². The van der Waals surface area contributed by atoms with Gasteiger partial charge in [0.1, 0.15) is 0 Å². The van der Waals surface area contributed by atoms with Crippen LogP contribution >= 0.6 is 0 Å². The molecule has 0 aromatic carbocycles. The fraction of sp³-hybridized carbons (Fsp3) is 1.00. The molecule has 0 aromatic rings. The van der Waals surface area contributed by atoms with Crippen LogP contribution < -0.4 is 0 Å². The van der Waals surface area contributed by atoms with E-state index in [2.05, 4.69) is 25.7 Å². The molecule has 0 radical (unpaired) electrons. The minimum Gasteiger partial charge on any atom is -0.300 e. The molecule has 0 saturated heterocycles. The average Bonchev–Trinajstić information content (AvgIpc) is 2.33. The van der Waals surface area contributed by atoms with Crippen LogP contribution in [0.4, 0.5) is 0 Å². The summed E-state index contributed by atoms with van der Waals surface area (Å²) in [6.07, 6.45) is 15.7. The highest BCUT2D eigenvalue weighted by Crippen LogP contribution is 2.26. The van der Waals surface area contributed by atoms with Crippen molar-refractivity contribution in [3.05, 3.63) is 0 Å². The summed E-state index contributed by atoms with van der Waals surface area (Å²) in [5.74, 6) is 0.945. The van der Waals surface area contributed by atoms with Crippen LogP contribution in [-0.4, -0.2) is 24.0 Å². The first-order valence-electron chi connectivity index (χ1n) is 9.02. The maximum Gasteiger partial charge on any atom is 0.00952 e. The first-order chi connectivity index (χ1) is 9.27. The molecule has 19 heavy (non-hydrogen) atoms. The van der Waals surface area contributed by atoms with Gasteiger partial charge in [0.15, 0.2) is 0 Å². The normalized spacial score (nSPS) is 17.7. The second-order valence-corrected chi connectivity index (χ2v) is 6.72. The summed E-state index contributed by atoms with van der Waals surface area (Å²) in [5, 5.41) is 0. The summed E-state index contributed by atoms with van der Waals surface area (Å²) in [5.41, 5.74) is 0. The first kappa shape index (κ1) is 17.0. The summed E-state index contributed by atoms with van der Waals surface area (Å²) in [6, 6.07) is 0.946. The van der Waals surface area contributed by atoms with Crippen LogP contribution in [0.1, 0.15) is 91.4 Å². The van der Waals surface area contributed by atoms with Gasteiger partial charge in [-0.2, -0.15) is 0 Å². The van der Waals surface area contributed by atoms with Crippen molar-refractivity contribution in [3.8, 4) is 0 Å². The van der Waals surface area contributed by atoms with Gasteiger partial charge in [0.2, 0.25) is 0 Å². The van der Waals surface area contributed by atoms with E-state index in [0.717, 1.165) is 12.0 Å². The maximum absolute atomic E-state index is 2.80. The summed E-state index contributed by atoms with van der Waals surface area (Å²) >= 11 is 0. The van der Waals surface area contributed by atoms with E-state index in [0.29, 0.717) is 0 Å². The quantitative estimate of drug-likeness (QED) is 0.414. The van der Waals surface area contributed by atoms with Crippen LogP contribution in [0.3, 0.4) is 0 Å². The van der Waals surface area contributed by atoms with Crippen LogP contribution in [0, 0.1) is 5.92 Å². The molecular weight excluding hydrogens is 230 g/mol. The largest absolute Gasteiger partial charge is 0.300 e. The average molecular weight is 268 g/mol. The lowest BCUT2D eigenvalue weighted by atomic mass is 9.90. The van der Waals surface area contributed by atoms with Crippen molar-refractivity contribution >= 4 is 0 Å². The summed E-state index contributed by atoms with van der Waals surface area (Å²) in [6.45, 7) is 9.78. The Kier molecular flexibility index (Phi) is 9.59. The van der Waals surface area contributed by atoms with Crippen molar-refractivity contribution in [2.45, 2.75) is 97.4 Å². The lowest BCUT2D eigenvalue weighted by Gasteiger charge is -2.38. The molecule has 1 aliphatic rings. The second kappa shape index (κ2) is 10.7. The Hall–Kier alpha value is -0.0400. The van der Waals surface area contributed by atoms with Crippen LogP contribution in [0.2, 0.25) is 0 Å². The zero-order chi connectivity index (χ0) is 13.9. The summed E-state index contributed by atoms with van der Waals surface area (Å²) in [7, 11) is 0. The maximum atomic E-state index is 2.80. The Bertz CT molecular complexity index is 198. The highest BCUT2D eigenvalue weighted by Gasteiger charge is 2.23. The zero-order valence-electron chi connectivity index (χ0n) is 13.8. The van der Waals surface area contributed by atoms with Gasteiger partial charge in [-0.05, 0) is 51.1 Å². The van der Waals surface area contributed by atoms with E-state index in [4.69, 9.17) is 0 Å². The highest BCUT2D eigenvalue weighted by molar-refractivity contribution is 4.80. The molecule has 0 heterocycles. The van der Waals surface area contributed by atoms with E-state index < -0.39 is 0 Å². The molecule has 114 valence electrons. The second-order valence-electron chi connectivity index (χ2n) is 6.72. The highest BCUT2D eigenvalue weighted by atomic mass is 15.2. The fourth-order valence-corrected chi connectivity index (χ4v) is 3.12. The van der Waals surface area contributed by atoms with E-state index >= 15 is 0 Å². The Labute approximate surface area is 122 Å². The molecule has 0 spiro atoms. The molecule has 1 aliphatic carbocycles. The van der Waals surface area contributed by atoms with Crippen LogP contribution in [0.25, 0.3) is 0 Å². The van der Waals surface area contributed by atoms with Gasteiger partial charge in [-0.1, -0.05) is 59.3 Å². The third-order valence-electron chi connectivity index (χ3n) is 4.83. The lowest BCUT2D eigenvalue weighted by molar-refractivity contribution is 0.121.